The van der Waals surface area contributed by atoms with Gasteiger partial charge in [0.05, 0.1) is 12.8 Å². The minimum Gasteiger partial charge on any atom is -0.504 e. The van der Waals surface area contributed by atoms with Gasteiger partial charge in [0.25, 0.3) is 0 Å². The molecule has 1 aliphatic carbocycles. The van der Waals surface area contributed by atoms with Gasteiger partial charge in [-0.05, 0) is 99.4 Å². The molecule has 2 atom stereocenters. The molecule has 0 spiro atoms. The Morgan fingerprint density at radius 1 is 1.14 bits per heavy atom. The van der Waals surface area contributed by atoms with Crippen molar-refractivity contribution in [3.05, 3.63) is 53.6 Å². The molecule has 7 N–H and O–H groups in total. The first-order chi connectivity index (χ1) is 20.6. The fourth-order valence-corrected chi connectivity index (χ4v) is 5.49. The molecule has 0 amide bonds. The van der Waals surface area contributed by atoms with Crippen LogP contribution in [0.3, 0.4) is 0 Å². The number of phenols is 2. The second-order valence-corrected chi connectivity index (χ2v) is 11.0. The van der Waals surface area contributed by atoms with Gasteiger partial charge in [0, 0.05) is 26.4 Å². The molecule has 1 fully saturated rings. The Bertz CT molecular complexity index is 1330. The van der Waals surface area contributed by atoms with Crippen LogP contribution in [0.4, 0.5) is 5.69 Å². The first kappa shape index (κ1) is 33.3. The Morgan fingerprint density at radius 2 is 1.91 bits per heavy atom. The number of aliphatic carboxylic acids is 1. The van der Waals surface area contributed by atoms with E-state index in [1.165, 1.54) is 14.2 Å². The molecule has 0 radical (unpaired) electrons. The van der Waals surface area contributed by atoms with Gasteiger partial charge in [-0.25, -0.2) is 0 Å². The zero-order valence-electron chi connectivity index (χ0n) is 25.2. The number of benzene rings is 2. The summed E-state index contributed by atoms with van der Waals surface area (Å²) in [5.74, 6) is 0.188. The van der Waals surface area contributed by atoms with Crippen molar-refractivity contribution in [1.82, 2.24) is 5.32 Å². The molecule has 0 aromatic heterocycles. The van der Waals surface area contributed by atoms with E-state index < -0.39 is 11.6 Å². The lowest BCUT2D eigenvalue weighted by molar-refractivity contribution is -0.137. The summed E-state index contributed by atoms with van der Waals surface area (Å²) in [5.41, 5.74) is 7.43. The second kappa shape index (κ2) is 15.8. The number of rotatable bonds is 16. The summed E-state index contributed by atoms with van der Waals surface area (Å²) in [6, 6.07) is 8.63. The van der Waals surface area contributed by atoms with Crippen LogP contribution in [-0.4, -0.2) is 66.4 Å². The monoisotopic (exact) mass is 596 g/mol. The number of phenolic OH excluding ortho intramolecular Hbond substituents is 2. The number of aliphatic imine (C=N–C) groups is 1. The van der Waals surface area contributed by atoms with Gasteiger partial charge < -0.3 is 41.2 Å². The number of guanidine groups is 1. The van der Waals surface area contributed by atoms with E-state index in [0.717, 1.165) is 24.0 Å². The summed E-state index contributed by atoms with van der Waals surface area (Å²) in [7, 11) is 4.86. The third kappa shape index (κ3) is 9.92. The van der Waals surface area contributed by atoms with Gasteiger partial charge in [-0.15, -0.1) is 0 Å². The Kier molecular flexibility index (Phi) is 12.2. The van der Waals surface area contributed by atoms with Crippen LogP contribution in [0.1, 0.15) is 56.1 Å². The van der Waals surface area contributed by atoms with Gasteiger partial charge in [-0.3, -0.25) is 14.6 Å². The number of methoxy groups -OCH3 is 1. The van der Waals surface area contributed by atoms with Crippen molar-refractivity contribution in [2.45, 2.75) is 63.4 Å². The summed E-state index contributed by atoms with van der Waals surface area (Å²) < 4.78 is 11.7. The number of carboxylic acid groups (broad SMARTS) is 1. The van der Waals surface area contributed by atoms with E-state index in [4.69, 9.17) is 20.3 Å². The highest BCUT2D eigenvalue weighted by Crippen LogP contribution is 2.44. The maximum absolute atomic E-state index is 12.5. The van der Waals surface area contributed by atoms with Crippen molar-refractivity contribution in [3.63, 3.8) is 0 Å². The minimum absolute atomic E-state index is 0.0104. The zero-order valence-corrected chi connectivity index (χ0v) is 25.2. The molecule has 234 valence electrons. The summed E-state index contributed by atoms with van der Waals surface area (Å²) in [6.07, 6.45) is 8.36. The highest BCUT2D eigenvalue weighted by Gasteiger charge is 2.41. The van der Waals surface area contributed by atoms with E-state index in [0.29, 0.717) is 62.3 Å². The van der Waals surface area contributed by atoms with Crippen molar-refractivity contribution in [1.29, 1.82) is 0 Å². The van der Waals surface area contributed by atoms with Crippen LogP contribution in [0.5, 0.6) is 23.0 Å². The number of nitrogens with two attached hydrogens (primary N) is 1. The molecule has 2 unspecified atom stereocenters. The van der Waals surface area contributed by atoms with Gasteiger partial charge in [-0.2, -0.15) is 0 Å². The average Bonchev–Trinajstić information content (AvgIpc) is 3.38. The molecule has 2 aromatic rings. The molecule has 1 saturated carbocycles. The lowest BCUT2D eigenvalue weighted by Crippen LogP contribution is -2.42. The number of ether oxygens (including phenoxy) is 2. The van der Waals surface area contributed by atoms with E-state index in [-0.39, 0.29) is 35.6 Å². The number of ketones is 1. The first-order valence-electron chi connectivity index (χ1n) is 14.5. The number of carbonyl (C=O) groups excluding carboxylic acids is 1. The third-order valence-electron chi connectivity index (χ3n) is 7.71. The van der Waals surface area contributed by atoms with Crippen LogP contribution in [-0.2, 0) is 22.4 Å². The van der Waals surface area contributed by atoms with Crippen LogP contribution < -0.4 is 25.8 Å². The molecule has 0 saturated heterocycles. The number of hydrogen-bond donors (Lipinski definition) is 6. The largest absolute Gasteiger partial charge is 0.504 e. The van der Waals surface area contributed by atoms with E-state index in [2.05, 4.69) is 15.6 Å². The van der Waals surface area contributed by atoms with Crippen molar-refractivity contribution >= 4 is 23.4 Å². The molecule has 11 nitrogen and oxygen atoms in total. The SMILES string of the molecule is CN=C(N)Nc1cc(CCC=CC(=O)CCc2ccc(O)c(OC)c2)cc(OC2(CNC)CCC(CCC(=O)O)C2)c1O. The van der Waals surface area contributed by atoms with E-state index in [1.54, 1.807) is 36.4 Å². The molecule has 43 heavy (non-hydrogen) atoms. The van der Waals surface area contributed by atoms with Crippen LogP contribution in [0.15, 0.2) is 47.5 Å². The molecule has 11 heteroatoms. The Labute approximate surface area is 252 Å². The number of likely N-dealkylation sites (N-methyl/N-ethyl adjacent to an activating group) is 1. The van der Waals surface area contributed by atoms with Gasteiger partial charge in [0.15, 0.2) is 34.7 Å². The minimum atomic E-state index is -0.808. The summed E-state index contributed by atoms with van der Waals surface area (Å²) in [6.45, 7) is 0.545. The predicted molar refractivity (Wildman–Crippen MR) is 166 cm³/mol. The Morgan fingerprint density at radius 3 is 2.60 bits per heavy atom. The average molecular weight is 597 g/mol. The highest BCUT2D eigenvalue weighted by molar-refractivity contribution is 5.94. The smallest absolute Gasteiger partial charge is 0.303 e. The maximum Gasteiger partial charge on any atom is 0.303 e. The normalized spacial score (nSPS) is 18.6. The van der Waals surface area contributed by atoms with Crippen LogP contribution in [0.25, 0.3) is 0 Å². The van der Waals surface area contributed by atoms with Gasteiger partial charge in [-0.1, -0.05) is 12.1 Å². The molecule has 3 rings (SSSR count). The number of carbonyl (C=O) groups is 2. The van der Waals surface area contributed by atoms with Gasteiger partial charge in [0.2, 0.25) is 0 Å². The van der Waals surface area contributed by atoms with Crippen molar-refractivity contribution in [2.24, 2.45) is 16.6 Å². The number of hydrogen-bond acceptors (Lipinski definition) is 8. The van der Waals surface area contributed by atoms with Crippen LogP contribution >= 0.6 is 0 Å². The van der Waals surface area contributed by atoms with Gasteiger partial charge >= 0.3 is 5.97 Å². The quantitative estimate of drug-likeness (QED) is 0.0714. The van der Waals surface area contributed by atoms with E-state index in [1.807, 2.05) is 13.1 Å². The zero-order chi connectivity index (χ0) is 31.4. The molecule has 0 bridgehead atoms. The molecule has 1 aliphatic rings. The lowest BCUT2D eigenvalue weighted by Gasteiger charge is -2.31. The van der Waals surface area contributed by atoms with Crippen molar-refractivity contribution in [2.75, 3.05) is 33.1 Å². The predicted octanol–water partition coefficient (Wildman–Crippen LogP) is 4.16. The number of anilines is 1. The lowest BCUT2D eigenvalue weighted by atomic mass is 9.96. The number of nitrogens with zero attached hydrogens (tertiary/aromatic N) is 1. The third-order valence-corrected chi connectivity index (χ3v) is 7.71. The fourth-order valence-electron chi connectivity index (χ4n) is 5.49. The molecule has 2 aromatic carbocycles. The summed E-state index contributed by atoms with van der Waals surface area (Å²) in [5, 5.41) is 36.1. The van der Waals surface area contributed by atoms with E-state index >= 15 is 0 Å². The summed E-state index contributed by atoms with van der Waals surface area (Å²) in [4.78, 5) is 27.5. The Balaban J connectivity index is 1.69. The number of nitrogens with one attached hydrogen (secondary N) is 2. The highest BCUT2D eigenvalue weighted by atomic mass is 16.5. The van der Waals surface area contributed by atoms with Crippen molar-refractivity contribution < 1.29 is 34.4 Å². The number of aromatic hydroxyl groups is 2. The molecular weight excluding hydrogens is 552 g/mol. The number of aryl methyl sites for hydroxylation is 2. The van der Waals surface area contributed by atoms with Gasteiger partial charge in [0.1, 0.15) is 5.60 Å². The number of allylic oxidation sites excluding steroid dienone is 2. The summed E-state index contributed by atoms with van der Waals surface area (Å²) >= 11 is 0. The first-order valence-corrected chi connectivity index (χ1v) is 14.5. The molecular formula is C32H44N4O7. The van der Waals surface area contributed by atoms with E-state index in [9.17, 15) is 19.8 Å². The standard InChI is InChI=1S/C32H44N4O7/c1-34-20-32(15-14-22(19-32)10-13-29(39)40)43-28-18-23(16-25(30(28)41)36-31(33)35-2)6-4-5-7-24(37)11-8-21-9-12-26(38)27(17-21)42-3/h5,7,9,12,16-18,22,34,38,41H,4,6,8,10-11,13-15,19-20H2,1-3H3,(H,39,40)(H3,33,35,36). The second-order valence-electron chi connectivity index (χ2n) is 11.0. The van der Waals surface area contributed by atoms with Crippen molar-refractivity contribution in [3.8, 4) is 23.0 Å². The molecule has 0 aliphatic heterocycles. The topological polar surface area (TPSA) is 176 Å². The fraction of sp³-hybridized carbons (Fsp3) is 0.469. The van der Waals surface area contributed by atoms with Crippen LogP contribution in [0.2, 0.25) is 0 Å². The molecule has 0 heterocycles. The van der Waals surface area contributed by atoms with Crippen LogP contribution in [0, 0.1) is 5.92 Å². The maximum atomic E-state index is 12.5. The number of carboxylic acids is 1. The Hall–Kier alpha value is -4.25.